The molecule has 1 saturated heterocycles. The minimum atomic E-state index is -1.000. The highest BCUT2D eigenvalue weighted by molar-refractivity contribution is 5.87. The highest BCUT2D eigenvalue weighted by Gasteiger charge is 2.35. The molecule has 25 heavy (non-hydrogen) atoms. The van der Waals surface area contributed by atoms with Crippen molar-refractivity contribution in [3.8, 4) is 0 Å². The number of aryl methyl sites for hydroxylation is 2. The summed E-state index contributed by atoms with van der Waals surface area (Å²) in [5.41, 5.74) is 7.14. The molecule has 2 N–H and O–H groups in total. The van der Waals surface area contributed by atoms with E-state index in [1.54, 1.807) is 6.92 Å². The number of aromatic nitrogens is 1. The fourth-order valence-corrected chi connectivity index (χ4v) is 3.14. The molecule has 0 radical (unpaired) electrons. The first-order chi connectivity index (χ1) is 11.9. The number of oxazole rings is 1. The van der Waals surface area contributed by atoms with Crippen LogP contribution >= 0.6 is 0 Å². The number of benzene rings is 1. The van der Waals surface area contributed by atoms with Crippen molar-refractivity contribution in [3.05, 3.63) is 53.2 Å². The first-order valence-corrected chi connectivity index (χ1v) is 8.67. The standard InChI is InChI=1S/C19H26N4O2/c1-14-15(2)25-17(21-14)13-22-9-11-23(12-10-22)18(24)19(3,20)16-7-5-4-6-8-16/h4-8H,9-13,20H2,1-3H3. The zero-order valence-corrected chi connectivity index (χ0v) is 15.2. The second-order valence-electron chi connectivity index (χ2n) is 6.89. The largest absolute Gasteiger partial charge is 0.444 e. The fourth-order valence-electron chi connectivity index (χ4n) is 3.14. The third-order valence-corrected chi connectivity index (χ3v) is 4.91. The molecule has 1 fully saturated rings. The van der Waals surface area contributed by atoms with Crippen molar-refractivity contribution in [1.29, 1.82) is 0 Å². The van der Waals surface area contributed by atoms with E-state index < -0.39 is 5.54 Å². The Balaban J connectivity index is 1.59. The first kappa shape index (κ1) is 17.6. The second kappa shape index (κ2) is 6.98. The summed E-state index contributed by atoms with van der Waals surface area (Å²) in [6.45, 7) is 9.24. The minimum absolute atomic E-state index is 0.0267. The smallest absolute Gasteiger partial charge is 0.247 e. The van der Waals surface area contributed by atoms with Gasteiger partial charge in [-0.1, -0.05) is 30.3 Å². The van der Waals surface area contributed by atoms with Crippen molar-refractivity contribution in [3.63, 3.8) is 0 Å². The Morgan fingerprint density at radius 3 is 2.40 bits per heavy atom. The molecular weight excluding hydrogens is 316 g/mol. The number of hydrogen-bond donors (Lipinski definition) is 1. The van der Waals surface area contributed by atoms with Crippen molar-refractivity contribution in [2.24, 2.45) is 5.73 Å². The number of nitrogens with zero attached hydrogens (tertiary/aromatic N) is 3. The maximum absolute atomic E-state index is 12.9. The Bertz CT molecular complexity index is 712. The van der Waals surface area contributed by atoms with E-state index in [1.165, 1.54) is 0 Å². The summed E-state index contributed by atoms with van der Waals surface area (Å²) in [4.78, 5) is 21.4. The molecular formula is C19H26N4O2. The van der Waals surface area contributed by atoms with E-state index in [0.717, 1.165) is 36.0 Å². The van der Waals surface area contributed by atoms with Gasteiger partial charge < -0.3 is 15.1 Å². The van der Waals surface area contributed by atoms with Crippen LogP contribution in [-0.2, 0) is 16.9 Å². The van der Waals surface area contributed by atoms with Gasteiger partial charge >= 0.3 is 0 Å². The first-order valence-electron chi connectivity index (χ1n) is 8.67. The van der Waals surface area contributed by atoms with Gasteiger partial charge in [-0.25, -0.2) is 4.98 Å². The third-order valence-electron chi connectivity index (χ3n) is 4.91. The van der Waals surface area contributed by atoms with Gasteiger partial charge in [0.05, 0.1) is 12.2 Å². The lowest BCUT2D eigenvalue weighted by Gasteiger charge is -2.38. The lowest BCUT2D eigenvalue weighted by Crippen LogP contribution is -2.56. The molecule has 0 aliphatic carbocycles. The summed E-state index contributed by atoms with van der Waals surface area (Å²) in [6.07, 6.45) is 0. The quantitative estimate of drug-likeness (QED) is 0.917. The van der Waals surface area contributed by atoms with E-state index in [4.69, 9.17) is 10.2 Å². The Kier molecular flexibility index (Phi) is 4.92. The van der Waals surface area contributed by atoms with Gasteiger partial charge in [0.1, 0.15) is 11.3 Å². The van der Waals surface area contributed by atoms with Crippen LogP contribution in [0, 0.1) is 13.8 Å². The molecule has 1 atom stereocenters. The van der Waals surface area contributed by atoms with Crippen LogP contribution in [0.1, 0.15) is 29.8 Å². The van der Waals surface area contributed by atoms with E-state index in [-0.39, 0.29) is 5.91 Å². The Morgan fingerprint density at radius 1 is 1.20 bits per heavy atom. The summed E-state index contributed by atoms with van der Waals surface area (Å²) in [6, 6.07) is 9.55. The van der Waals surface area contributed by atoms with Crippen molar-refractivity contribution < 1.29 is 9.21 Å². The summed E-state index contributed by atoms with van der Waals surface area (Å²) < 4.78 is 5.65. The number of carbonyl (C=O) groups is 1. The zero-order chi connectivity index (χ0) is 18.0. The fraction of sp³-hybridized carbons (Fsp3) is 0.474. The molecule has 0 spiro atoms. The van der Waals surface area contributed by atoms with Gasteiger partial charge in [-0.15, -0.1) is 0 Å². The molecule has 6 heteroatoms. The normalized spacial score (nSPS) is 18.2. The van der Waals surface area contributed by atoms with Gasteiger partial charge in [0.15, 0.2) is 0 Å². The number of amides is 1. The Hall–Kier alpha value is -2.18. The molecule has 1 aromatic carbocycles. The van der Waals surface area contributed by atoms with Gasteiger partial charge in [-0.2, -0.15) is 0 Å². The Morgan fingerprint density at radius 2 is 1.84 bits per heavy atom. The van der Waals surface area contributed by atoms with Gasteiger partial charge in [0, 0.05) is 26.2 Å². The van der Waals surface area contributed by atoms with Crippen LogP contribution in [0.5, 0.6) is 0 Å². The maximum atomic E-state index is 12.9. The molecule has 0 bridgehead atoms. The lowest BCUT2D eigenvalue weighted by atomic mass is 9.91. The van der Waals surface area contributed by atoms with Crippen LogP contribution < -0.4 is 5.73 Å². The molecule has 3 rings (SSSR count). The minimum Gasteiger partial charge on any atom is -0.444 e. The topological polar surface area (TPSA) is 75.6 Å². The third kappa shape index (κ3) is 3.75. The van der Waals surface area contributed by atoms with Crippen molar-refractivity contribution >= 4 is 5.91 Å². The van der Waals surface area contributed by atoms with Crippen LogP contribution in [0.2, 0.25) is 0 Å². The molecule has 1 amide bonds. The molecule has 134 valence electrons. The van der Waals surface area contributed by atoms with E-state index in [9.17, 15) is 4.79 Å². The van der Waals surface area contributed by atoms with Gasteiger partial charge in [0.2, 0.25) is 11.8 Å². The second-order valence-corrected chi connectivity index (χ2v) is 6.89. The summed E-state index contributed by atoms with van der Waals surface area (Å²) in [7, 11) is 0. The summed E-state index contributed by atoms with van der Waals surface area (Å²) in [5.74, 6) is 1.58. The molecule has 0 saturated carbocycles. The van der Waals surface area contributed by atoms with Crippen molar-refractivity contribution in [2.75, 3.05) is 26.2 Å². The number of hydrogen-bond acceptors (Lipinski definition) is 5. The molecule has 1 unspecified atom stereocenters. The van der Waals surface area contributed by atoms with Crippen molar-refractivity contribution in [1.82, 2.24) is 14.8 Å². The number of rotatable bonds is 4. The average Bonchev–Trinajstić information content (AvgIpc) is 2.93. The molecule has 1 aliphatic heterocycles. The SMILES string of the molecule is Cc1nc(CN2CCN(C(=O)C(C)(N)c3ccccc3)CC2)oc1C. The highest BCUT2D eigenvalue weighted by atomic mass is 16.4. The van der Waals surface area contributed by atoms with Crippen LogP contribution in [0.4, 0.5) is 0 Å². The van der Waals surface area contributed by atoms with Crippen LogP contribution in [-0.4, -0.2) is 46.9 Å². The highest BCUT2D eigenvalue weighted by Crippen LogP contribution is 2.21. The molecule has 2 heterocycles. The number of carbonyl (C=O) groups excluding carboxylic acids is 1. The van der Waals surface area contributed by atoms with E-state index in [0.29, 0.717) is 19.6 Å². The monoisotopic (exact) mass is 342 g/mol. The van der Waals surface area contributed by atoms with E-state index in [2.05, 4.69) is 9.88 Å². The number of piperazine rings is 1. The zero-order valence-electron chi connectivity index (χ0n) is 15.2. The lowest BCUT2D eigenvalue weighted by molar-refractivity contribution is -0.138. The van der Waals surface area contributed by atoms with E-state index >= 15 is 0 Å². The maximum Gasteiger partial charge on any atom is 0.247 e. The molecule has 1 aromatic heterocycles. The van der Waals surface area contributed by atoms with Crippen LogP contribution in [0.25, 0.3) is 0 Å². The predicted octanol–water partition coefficient (Wildman–Crippen LogP) is 1.81. The average molecular weight is 342 g/mol. The van der Waals surface area contributed by atoms with Gasteiger partial charge in [-0.3, -0.25) is 9.69 Å². The van der Waals surface area contributed by atoms with E-state index in [1.807, 2.05) is 49.1 Å². The van der Waals surface area contributed by atoms with Gasteiger partial charge in [0.25, 0.3) is 0 Å². The summed E-state index contributed by atoms with van der Waals surface area (Å²) in [5, 5.41) is 0. The van der Waals surface area contributed by atoms with Gasteiger partial charge in [-0.05, 0) is 26.3 Å². The molecule has 1 aliphatic rings. The van der Waals surface area contributed by atoms with Crippen LogP contribution in [0.15, 0.2) is 34.7 Å². The Labute approximate surface area is 148 Å². The predicted molar refractivity (Wildman–Crippen MR) is 95.8 cm³/mol. The van der Waals surface area contributed by atoms with Crippen molar-refractivity contribution in [2.45, 2.75) is 32.9 Å². The van der Waals surface area contributed by atoms with Crippen LogP contribution in [0.3, 0.4) is 0 Å². The number of nitrogens with two attached hydrogens (primary N) is 1. The molecule has 2 aromatic rings. The molecule has 6 nitrogen and oxygen atoms in total. The summed E-state index contributed by atoms with van der Waals surface area (Å²) >= 11 is 0.